The summed E-state index contributed by atoms with van der Waals surface area (Å²) in [6.07, 6.45) is 0. The van der Waals surface area contributed by atoms with Crippen LogP contribution in [0.2, 0.25) is 0 Å². The summed E-state index contributed by atoms with van der Waals surface area (Å²) in [6, 6.07) is 3.81. The standard InChI is InChI=1S/C10H9N3O/c1-5-3-6(2)13-10-8(5)9(12)7(4-11)14-10/h3H,12H2,1-2H3. The number of hydrogen-bond acceptors (Lipinski definition) is 4. The Balaban J connectivity index is 2.94. The third-order valence-electron chi connectivity index (χ3n) is 2.13. The van der Waals surface area contributed by atoms with E-state index in [2.05, 4.69) is 4.98 Å². The van der Waals surface area contributed by atoms with Gasteiger partial charge in [0.2, 0.25) is 11.5 Å². The van der Waals surface area contributed by atoms with Crippen LogP contribution in [0, 0.1) is 25.2 Å². The number of fused-ring (bicyclic) bond motifs is 1. The van der Waals surface area contributed by atoms with Gasteiger partial charge in [-0.05, 0) is 25.5 Å². The molecule has 70 valence electrons. The number of hydrogen-bond donors (Lipinski definition) is 1. The largest absolute Gasteiger partial charge is 0.425 e. The third-order valence-corrected chi connectivity index (χ3v) is 2.13. The SMILES string of the molecule is Cc1cc(C)c2c(N)c(C#N)oc2n1. The molecule has 0 saturated heterocycles. The second kappa shape index (κ2) is 2.74. The highest BCUT2D eigenvalue weighted by molar-refractivity contribution is 5.92. The molecular formula is C10H9N3O. The zero-order valence-electron chi connectivity index (χ0n) is 7.96. The maximum absolute atomic E-state index is 8.73. The van der Waals surface area contributed by atoms with Crippen molar-refractivity contribution >= 4 is 16.8 Å². The van der Waals surface area contributed by atoms with Crippen molar-refractivity contribution in [2.45, 2.75) is 13.8 Å². The predicted octanol–water partition coefficient (Wildman–Crippen LogP) is 1.90. The molecule has 2 N–H and O–H groups in total. The van der Waals surface area contributed by atoms with Crippen molar-refractivity contribution in [1.29, 1.82) is 5.26 Å². The molecule has 4 heteroatoms. The van der Waals surface area contributed by atoms with E-state index in [0.717, 1.165) is 16.6 Å². The molecular weight excluding hydrogens is 178 g/mol. The molecule has 0 atom stereocenters. The summed E-state index contributed by atoms with van der Waals surface area (Å²) in [6.45, 7) is 3.79. The zero-order chi connectivity index (χ0) is 10.3. The van der Waals surface area contributed by atoms with Gasteiger partial charge in [-0.2, -0.15) is 5.26 Å². The first-order valence-electron chi connectivity index (χ1n) is 4.20. The number of aromatic nitrogens is 1. The average Bonchev–Trinajstić information content (AvgIpc) is 2.42. The van der Waals surface area contributed by atoms with Crippen LogP contribution >= 0.6 is 0 Å². The Hall–Kier alpha value is -2.02. The molecule has 0 aromatic carbocycles. The molecule has 2 rings (SSSR count). The Labute approximate surface area is 81.0 Å². The Morgan fingerprint density at radius 2 is 2.21 bits per heavy atom. The Morgan fingerprint density at radius 1 is 1.50 bits per heavy atom. The number of nitrogens with two attached hydrogens (primary N) is 1. The van der Waals surface area contributed by atoms with Gasteiger partial charge in [0.1, 0.15) is 6.07 Å². The van der Waals surface area contributed by atoms with E-state index in [1.807, 2.05) is 26.0 Å². The van der Waals surface area contributed by atoms with E-state index in [9.17, 15) is 0 Å². The summed E-state index contributed by atoms with van der Waals surface area (Å²) in [7, 11) is 0. The van der Waals surface area contributed by atoms with Crippen LogP contribution in [0.25, 0.3) is 11.1 Å². The van der Waals surface area contributed by atoms with Gasteiger partial charge in [-0.3, -0.25) is 0 Å². The van der Waals surface area contributed by atoms with Gasteiger partial charge in [0.05, 0.1) is 11.1 Å². The number of anilines is 1. The van der Waals surface area contributed by atoms with E-state index < -0.39 is 0 Å². The van der Waals surface area contributed by atoms with Crippen molar-refractivity contribution < 1.29 is 4.42 Å². The zero-order valence-corrected chi connectivity index (χ0v) is 7.96. The lowest BCUT2D eigenvalue weighted by Crippen LogP contribution is -1.88. The van der Waals surface area contributed by atoms with Gasteiger partial charge in [0, 0.05) is 5.69 Å². The number of rotatable bonds is 0. The number of nitrogens with zero attached hydrogens (tertiary/aromatic N) is 2. The van der Waals surface area contributed by atoms with E-state index in [1.54, 1.807) is 0 Å². The van der Waals surface area contributed by atoms with Crippen LogP contribution in [0.4, 0.5) is 5.69 Å². The topological polar surface area (TPSA) is 75.8 Å². The summed E-state index contributed by atoms with van der Waals surface area (Å²) >= 11 is 0. The molecule has 0 unspecified atom stereocenters. The molecule has 0 saturated carbocycles. The summed E-state index contributed by atoms with van der Waals surface area (Å²) < 4.78 is 5.21. The lowest BCUT2D eigenvalue weighted by Gasteiger charge is -1.96. The first-order chi connectivity index (χ1) is 6.63. The van der Waals surface area contributed by atoms with Gasteiger partial charge in [-0.25, -0.2) is 4.98 Å². The molecule has 0 aliphatic heterocycles. The van der Waals surface area contributed by atoms with E-state index in [1.165, 1.54) is 0 Å². The summed E-state index contributed by atoms with van der Waals surface area (Å²) in [4.78, 5) is 4.17. The minimum atomic E-state index is 0.140. The molecule has 0 fully saturated rings. The molecule has 2 heterocycles. The lowest BCUT2D eigenvalue weighted by molar-refractivity contribution is 0.588. The van der Waals surface area contributed by atoms with Crippen LogP contribution in [-0.2, 0) is 0 Å². The lowest BCUT2D eigenvalue weighted by atomic mass is 10.1. The molecule has 0 radical (unpaired) electrons. The van der Waals surface area contributed by atoms with Crippen molar-refractivity contribution in [2.75, 3.05) is 5.73 Å². The second-order valence-corrected chi connectivity index (χ2v) is 3.22. The van der Waals surface area contributed by atoms with Crippen molar-refractivity contribution in [3.05, 3.63) is 23.1 Å². The molecule has 0 amide bonds. The van der Waals surface area contributed by atoms with E-state index in [-0.39, 0.29) is 5.76 Å². The maximum Gasteiger partial charge on any atom is 0.230 e. The van der Waals surface area contributed by atoms with Gasteiger partial charge in [-0.15, -0.1) is 0 Å². The van der Waals surface area contributed by atoms with Crippen LogP contribution < -0.4 is 5.73 Å². The van der Waals surface area contributed by atoms with Crippen LogP contribution in [0.1, 0.15) is 17.0 Å². The maximum atomic E-state index is 8.73. The molecule has 2 aromatic rings. The Bertz CT molecular complexity index is 548. The van der Waals surface area contributed by atoms with E-state index >= 15 is 0 Å². The number of pyridine rings is 1. The van der Waals surface area contributed by atoms with Crippen LogP contribution in [0.15, 0.2) is 10.5 Å². The number of nitrogen functional groups attached to an aromatic ring is 1. The smallest absolute Gasteiger partial charge is 0.230 e. The van der Waals surface area contributed by atoms with Gasteiger partial charge in [0.15, 0.2) is 0 Å². The first-order valence-corrected chi connectivity index (χ1v) is 4.20. The molecule has 2 aromatic heterocycles. The van der Waals surface area contributed by atoms with Gasteiger partial charge in [-0.1, -0.05) is 0 Å². The van der Waals surface area contributed by atoms with Crippen molar-refractivity contribution in [3.63, 3.8) is 0 Å². The molecule has 4 nitrogen and oxygen atoms in total. The fourth-order valence-electron chi connectivity index (χ4n) is 1.55. The fraction of sp³-hybridized carbons (Fsp3) is 0.200. The van der Waals surface area contributed by atoms with Gasteiger partial charge >= 0.3 is 0 Å². The number of furan rings is 1. The highest BCUT2D eigenvalue weighted by Gasteiger charge is 2.14. The molecule has 14 heavy (non-hydrogen) atoms. The monoisotopic (exact) mass is 187 g/mol. The summed E-state index contributed by atoms with van der Waals surface area (Å²) in [5, 5.41) is 9.47. The molecule has 0 aliphatic carbocycles. The summed E-state index contributed by atoms with van der Waals surface area (Å²) in [5.74, 6) is 0.140. The minimum Gasteiger partial charge on any atom is -0.425 e. The summed E-state index contributed by atoms with van der Waals surface area (Å²) in [5.41, 5.74) is 8.40. The van der Waals surface area contributed by atoms with E-state index in [0.29, 0.717) is 11.4 Å². The van der Waals surface area contributed by atoms with Gasteiger partial charge < -0.3 is 10.2 Å². The van der Waals surface area contributed by atoms with Crippen LogP contribution in [0.5, 0.6) is 0 Å². The highest BCUT2D eigenvalue weighted by Crippen LogP contribution is 2.29. The highest BCUT2D eigenvalue weighted by atomic mass is 16.3. The quantitative estimate of drug-likeness (QED) is 0.683. The third kappa shape index (κ3) is 1.03. The Morgan fingerprint density at radius 3 is 2.86 bits per heavy atom. The van der Waals surface area contributed by atoms with E-state index in [4.69, 9.17) is 15.4 Å². The van der Waals surface area contributed by atoms with Crippen molar-refractivity contribution in [2.24, 2.45) is 0 Å². The normalized spacial score (nSPS) is 10.4. The molecule has 0 bridgehead atoms. The van der Waals surface area contributed by atoms with Crippen molar-refractivity contribution in [1.82, 2.24) is 4.98 Å². The number of nitriles is 1. The predicted molar refractivity (Wildman–Crippen MR) is 52.6 cm³/mol. The van der Waals surface area contributed by atoms with Crippen LogP contribution in [-0.4, -0.2) is 4.98 Å². The first kappa shape index (κ1) is 8.57. The Kier molecular flexibility index (Phi) is 1.68. The number of aryl methyl sites for hydroxylation is 2. The van der Waals surface area contributed by atoms with Crippen molar-refractivity contribution in [3.8, 4) is 6.07 Å². The average molecular weight is 187 g/mol. The molecule has 0 aliphatic rings. The fourth-order valence-corrected chi connectivity index (χ4v) is 1.55. The van der Waals surface area contributed by atoms with Gasteiger partial charge in [0.25, 0.3) is 0 Å². The minimum absolute atomic E-state index is 0.140. The molecule has 0 spiro atoms. The van der Waals surface area contributed by atoms with Crippen LogP contribution in [0.3, 0.4) is 0 Å². The second-order valence-electron chi connectivity index (χ2n) is 3.22.